The van der Waals surface area contributed by atoms with Crippen LogP contribution in [0.3, 0.4) is 0 Å². The van der Waals surface area contributed by atoms with Gasteiger partial charge < -0.3 is 4.57 Å². The maximum absolute atomic E-state index is 2.46. The SMILES string of the molecule is C1=CCC(c2ccc(-c3ccccc3)n2-c2ccc3cc(-c4ccc(-c5ccc6c(-c7ccc8ccccc8c7)c7ccccc7c(-c7ccc8ccccc8c7)c6c5)cc4)ccc3c2)C=C1. The van der Waals surface area contributed by atoms with Gasteiger partial charge in [-0.3, -0.25) is 0 Å². The van der Waals surface area contributed by atoms with E-state index in [1.807, 2.05) is 0 Å². The molecule has 0 radical (unpaired) electrons. The Balaban J connectivity index is 0.896. The molecule has 1 aromatic heterocycles. The molecule has 13 rings (SSSR count). The number of aromatic nitrogens is 1. The zero-order chi connectivity index (χ0) is 44.3. The van der Waals surface area contributed by atoms with E-state index < -0.39 is 0 Å². The second kappa shape index (κ2) is 16.2. The smallest absolute Gasteiger partial charge is 0.0531 e. The van der Waals surface area contributed by atoms with Crippen LogP contribution in [-0.2, 0) is 0 Å². The number of allylic oxidation sites excluding steroid dienone is 4. The topological polar surface area (TPSA) is 4.93 Å². The van der Waals surface area contributed by atoms with Crippen LogP contribution in [0.1, 0.15) is 18.0 Å². The molecule has 314 valence electrons. The van der Waals surface area contributed by atoms with Gasteiger partial charge >= 0.3 is 0 Å². The molecule has 1 unspecified atom stereocenters. The predicted molar refractivity (Wildman–Crippen MR) is 286 cm³/mol. The van der Waals surface area contributed by atoms with E-state index in [4.69, 9.17) is 0 Å². The van der Waals surface area contributed by atoms with Crippen molar-refractivity contribution < 1.29 is 0 Å². The maximum atomic E-state index is 2.46. The summed E-state index contributed by atoms with van der Waals surface area (Å²) in [5.41, 5.74) is 14.7. The lowest BCUT2D eigenvalue weighted by atomic mass is 9.84. The van der Waals surface area contributed by atoms with Gasteiger partial charge in [0.1, 0.15) is 0 Å². The quantitative estimate of drug-likeness (QED) is 0.141. The van der Waals surface area contributed by atoms with Crippen LogP contribution < -0.4 is 0 Å². The van der Waals surface area contributed by atoms with E-state index in [-0.39, 0.29) is 0 Å². The predicted octanol–water partition coefficient (Wildman–Crippen LogP) is 18.2. The average molecular weight is 852 g/mol. The second-order valence-corrected chi connectivity index (χ2v) is 18.0. The fourth-order valence-corrected chi connectivity index (χ4v) is 10.7. The minimum absolute atomic E-state index is 0.331. The standard InChI is InChI=1S/C66H45N/c1-3-15-48(16-4-1)63-37-38-64(49-17-5-2-6-18-49)67(63)58-35-33-53-39-52(29-30-54(53)42-58)46-23-25-47(26-24-46)55-34-36-61-62(43-55)66(57-32-28-45-14-8-10-20-51(45)41-57)60-22-12-11-21-59(60)65(61)56-31-27-44-13-7-9-19-50(44)40-56/h1-17,19-43,49H,18H2. The molecule has 12 aromatic rings. The van der Waals surface area contributed by atoms with Gasteiger partial charge in [0.2, 0.25) is 0 Å². The van der Waals surface area contributed by atoms with Crippen LogP contribution in [0.2, 0.25) is 0 Å². The van der Waals surface area contributed by atoms with E-state index in [1.165, 1.54) is 121 Å². The number of hydrogen-bond donors (Lipinski definition) is 0. The third kappa shape index (κ3) is 6.87. The highest BCUT2D eigenvalue weighted by Gasteiger charge is 2.21. The normalized spacial score (nSPS) is 13.6. The Labute approximate surface area is 390 Å². The highest BCUT2D eigenvalue weighted by Crippen LogP contribution is 2.46. The summed E-state index contributed by atoms with van der Waals surface area (Å²) in [5, 5.41) is 12.5. The third-order valence-corrected chi connectivity index (χ3v) is 14.1. The van der Waals surface area contributed by atoms with Crippen molar-refractivity contribution >= 4 is 53.9 Å². The molecule has 0 saturated heterocycles. The van der Waals surface area contributed by atoms with E-state index in [0.29, 0.717) is 5.92 Å². The summed E-state index contributed by atoms with van der Waals surface area (Å²) in [6.45, 7) is 0. The van der Waals surface area contributed by atoms with Gasteiger partial charge in [0.25, 0.3) is 0 Å². The molecule has 1 heterocycles. The lowest BCUT2D eigenvalue weighted by Gasteiger charge is -2.20. The lowest BCUT2D eigenvalue weighted by Crippen LogP contribution is -2.07. The molecular formula is C66H45N. The number of fused-ring (bicyclic) bond motifs is 5. The first-order chi connectivity index (χ1) is 33.2. The molecule has 0 spiro atoms. The Hall–Kier alpha value is -8.52. The molecule has 1 aliphatic carbocycles. The van der Waals surface area contributed by atoms with Crippen molar-refractivity contribution in [1.82, 2.24) is 4.57 Å². The zero-order valence-electron chi connectivity index (χ0n) is 37.0. The summed E-state index contributed by atoms with van der Waals surface area (Å²) in [6.07, 6.45) is 9.93. The van der Waals surface area contributed by atoms with Gasteiger partial charge in [-0.15, -0.1) is 0 Å². The van der Waals surface area contributed by atoms with Crippen LogP contribution in [-0.4, -0.2) is 4.57 Å². The molecule has 0 fully saturated rings. The third-order valence-electron chi connectivity index (χ3n) is 14.1. The van der Waals surface area contributed by atoms with Crippen LogP contribution in [0.25, 0.3) is 115 Å². The van der Waals surface area contributed by atoms with E-state index in [2.05, 4.69) is 259 Å². The summed E-state index contributed by atoms with van der Waals surface area (Å²) in [5.74, 6) is 0.331. The van der Waals surface area contributed by atoms with Gasteiger partial charge in [-0.2, -0.15) is 0 Å². The first kappa shape index (κ1) is 38.9. The molecule has 11 aromatic carbocycles. The molecule has 67 heavy (non-hydrogen) atoms. The number of hydrogen-bond acceptors (Lipinski definition) is 0. The zero-order valence-corrected chi connectivity index (χ0v) is 37.0. The monoisotopic (exact) mass is 851 g/mol. The summed E-state index contributed by atoms with van der Waals surface area (Å²) >= 11 is 0. The summed E-state index contributed by atoms with van der Waals surface area (Å²) in [7, 11) is 0. The largest absolute Gasteiger partial charge is 0.313 e. The van der Waals surface area contributed by atoms with Crippen molar-refractivity contribution in [2.75, 3.05) is 0 Å². The van der Waals surface area contributed by atoms with Crippen molar-refractivity contribution in [2.24, 2.45) is 0 Å². The minimum Gasteiger partial charge on any atom is -0.313 e. The summed E-state index contributed by atoms with van der Waals surface area (Å²) in [6, 6.07) is 85.6. The van der Waals surface area contributed by atoms with Crippen molar-refractivity contribution in [3.05, 3.63) is 261 Å². The Kier molecular flexibility index (Phi) is 9.39. The first-order valence-corrected chi connectivity index (χ1v) is 23.4. The van der Waals surface area contributed by atoms with Crippen LogP contribution in [0.5, 0.6) is 0 Å². The number of rotatable bonds is 7. The molecule has 1 atom stereocenters. The van der Waals surface area contributed by atoms with Gasteiger partial charge in [0, 0.05) is 17.3 Å². The molecule has 0 bridgehead atoms. The van der Waals surface area contributed by atoms with E-state index >= 15 is 0 Å². The minimum atomic E-state index is 0.331. The van der Waals surface area contributed by atoms with Crippen LogP contribution in [0, 0.1) is 0 Å². The lowest BCUT2D eigenvalue weighted by molar-refractivity contribution is 0.786. The Morgan fingerprint density at radius 2 is 0.806 bits per heavy atom. The van der Waals surface area contributed by atoms with Crippen molar-refractivity contribution in [3.63, 3.8) is 0 Å². The fourth-order valence-electron chi connectivity index (χ4n) is 10.7. The second-order valence-electron chi connectivity index (χ2n) is 18.0. The molecule has 1 nitrogen and oxygen atoms in total. The Bertz CT molecular complexity index is 3940. The summed E-state index contributed by atoms with van der Waals surface area (Å²) in [4.78, 5) is 0. The highest BCUT2D eigenvalue weighted by molar-refractivity contribution is 6.22. The van der Waals surface area contributed by atoms with Crippen molar-refractivity contribution in [3.8, 4) is 61.5 Å². The summed E-state index contributed by atoms with van der Waals surface area (Å²) < 4.78 is 2.46. The molecule has 0 amide bonds. The van der Waals surface area contributed by atoms with Crippen molar-refractivity contribution in [1.29, 1.82) is 0 Å². The van der Waals surface area contributed by atoms with Crippen LogP contribution in [0.15, 0.2) is 255 Å². The number of nitrogens with zero attached hydrogens (tertiary/aromatic N) is 1. The molecule has 0 aliphatic heterocycles. The Morgan fingerprint density at radius 1 is 0.313 bits per heavy atom. The Morgan fingerprint density at radius 3 is 1.48 bits per heavy atom. The fraction of sp³-hybridized carbons (Fsp3) is 0.0303. The maximum Gasteiger partial charge on any atom is 0.0531 e. The van der Waals surface area contributed by atoms with Crippen LogP contribution in [0.4, 0.5) is 0 Å². The van der Waals surface area contributed by atoms with Gasteiger partial charge in [-0.1, -0.05) is 206 Å². The van der Waals surface area contributed by atoms with Crippen LogP contribution >= 0.6 is 0 Å². The molecular weight excluding hydrogens is 807 g/mol. The van der Waals surface area contributed by atoms with Gasteiger partial charge in [0.15, 0.2) is 0 Å². The number of benzene rings is 11. The van der Waals surface area contributed by atoms with E-state index in [0.717, 1.165) is 6.42 Å². The van der Waals surface area contributed by atoms with Gasteiger partial charge in [0.05, 0.1) is 5.69 Å². The molecule has 1 heteroatoms. The molecule has 1 aliphatic rings. The first-order valence-electron chi connectivity index (χ1n) is 23.4. The van der Waals surface area contributed by atoms with E-state index in [1.54, 1.807) is 0 Å². The van der Waals surface area contributed by atoms with Gasteiger partial charge in [-0.05, 0) is 159 Å². The van der Waals surface area contributed by atoms with Gasteiger partial charge in [-0.25, -0.2) is 0 Å². The average Bonchev–Trinajstić information content (AvgIpc) is 3.85. The molecule has 0 N–H and O–H groups in total. The highest BCUT2D eigenvalue weighted by atomic mass is 15.0. The van der Waals surface area contributed by atoms with E-state index in [9.17, 15) is 0 Å². The van der Waals surface area contributed by atoms with Crippen molar-refractivity contribution in [2.45, 2.75) is 12.3 Å². The molecule has 0 saturated carbocycles.